The van der Waals surface area contributed by atoms with E-state index in [2.05, 4.69) is 77.2 Å². The van der Waals surface area contributed by atoms with Crippen LogP contribution < -0.4 is 0 Å². The highest BCUT2D eigenvalue weighted by Crippen LogP contribution is 2.28. The zero-order chi connectivity index (χ0) is 13.8. The fourth-order valence-electron chi connectivity index (χ4n) is 1.94. The Bertz CT molecular complexity index is 571. The first-order valence-corrected chi connectivity index (χ1v) is 6.93. The number of rotatable bonds is 3. The first-order chi connectivity index (χ1) is 9.09. The molecule has 0 amide bonds. The highest BCUT2D eigenvalue weighted by Gasteiger charge is 2.10. The van der Waals surface area contributed by atoms with Crippen molar-refractivity contribution in [3.63, 3.8) is 0 Å². The Morgan fingerprint density at radius 1 is 1.05 bits per heavy atom. The van der Waals surface area contributed by atoms with Crippen LogP contribution in [0.25, 0.3) is 5.57 Å². The van der Waals surface area contributed by atoms with Crippen molar-refractivity contribution < 1.29 is 0 Å². The SMILES string of the molecule is CC(=C(c1ccc(Br)cc1)c1cccnc1)N(C)C. The second-order valence-corrected chi connectivity index (χ2v) is 5.52. The lowest BCUT2D eigenvalue weighted by atomic mass is 9.97. The topological polar surface area (TPSA) is 16.1 Å². The second-order valence-electron chi connectivity index (χ2n) is 4.60. The van der Waals surface area contributed by atoms with Gasteiger partial charge in [0.1, 0.15) is 0 Å². The van der Waals surface area contributed by atoms with Crippen LogP contribution in [0.15, 0.2) is 59.0 Å². The highest BCUT2D eigenvalue weighted by atomic mass is 79.9. The lowest BCUT2D eigenvalue weighted by Gasteiger charge is -2.19. The van der Waals surface area contributed by atoms with Gasteiger partial charge in [-0.1, -0.05) is 34.1 Å². The van der Waals surface area contributed by atoms with Gasteiger partial charge >= 0.3 is 0 Å². The molecule has 2 nitrogen and oxygen atoms in total. The second kappa shape index (κ2) is 6.02. The highest BCUT2D eigenvalue weighted by molar-refractivity contribution is 9.10. The van der Waals surface area contributed by atoms with Crippen LogP contribution in [0.5, 0.6) is 0 Å². The maximum absolute atomic E-state index is 4.23. The molecule has 1 aromatic carbocycles. The predicted octanol–water partition coefficient (Wildman–Crippen LogP) is 4.19. The van der Waals surface area contributed by atoms with Crippen LogP contribution in [0.4, 0.5) is 0 Å². The summed E-state index contributed by atoms with van der Waals surface area (Å²) in [6.07, 6.45) is 3.71. The lowest BCUT2D eigenvalue weighted by Crippen LogP contribution is -2.11. The number of halogens is 1. The summed E-state index contributed by atoms with van der Waals surface area (Å²) in [6, 6.07) is 12.4. The molecule has 0 aliphatic carbocycles. The first-order valence-electron chi connectivity index (χ1n) is 6.14. The van der Waals surface area contributed by atoms with Crippen LogP contribution in [0.3, 0.4) is 0 Å². The number of allylic oxidation sites excluding steroid dienone is 1. The normalized spacial score (nSPS) is 12.0. The molecule has 19 heavy (non-hydrogen) atoms. The standard InChI is InChI=1S/C16H17BrN2/c1-12(19(2)3)16(14-5-4-10-18-11-14)13-6-8-15(17)9-7-13/h4-11H,1-3H3. The van der Waals surface area contributed by atoms with Crippen molar-refractivity contribution in [2.45, 2.75) is 6.92 Å². The average molecular weight is 317 g/mol. The summed E-state index contributed by atoms with van der Waals surface area (Å²) >= 11 is 3.48. The van der Waals surface area contributed by atoms with E-state index in [0.29, 0.717) is 0 Å². The van der Waals surface area contributed by atoms with E-state index in [1.807, 2.05) is 12.3 Å². The number of aromatic nitrogens is 1. The molecule has 0 fully saturated rings. The third-order valence-corrected chi connectivity index (χ3v) is 3.64. The van der Waals surface area contributed by atoms with Crippen LogP contribution in [0, 0.1) is 0 Å². The largest absolute Gasteiger partial charge is 0.381 e. The molecule has 1 aromatic heterocycles. The summed E-state index contributed by atoms with van der Waals surface area (Å²) in [6.45, 7) is 2.13. The lowest BCUT2D eigenvalue weighted by molar-refractivity contribution is 0.516. The summed E-state index contributed by atoms with van der Waals surface area (Å²) in [4.78, 5) is 6.36. The minimum absolute atomic E-state index is 1.09. The molecule has 2 rings (SSSR count). The van der Waals surface area contributed by atoms with E-state index < -0.39 is 0 Å². The smallest absolute Gasteiger partial charge is 0.0347 e. The third kappa shape index (κ3) is 3.24. The molecule has 0 spiro atoms. The molecule has 0 atom stereocenters. The third-order valence-electron chi connectivity index (χ3n) is 3.12. The quantitative estimate of drug-likeness (QED) is 0.844. The fourth-order valence-corrected chi connectivity index (χ4v) is 2.20. The minimum atomic E-state index is 1.09. The van der Waals surface area contributed by atoms with E-state index in [-0.39, 0.29) is 0 Å². The van der Waals surface area contributed by atoms with Gasteiger partial charge in [-0.15, -0.1) is 0 Å². The van der Waals surface area contributed by atoms with Crippen molar-refractivity contribution in [1.82, 2.24) is 9.88 Å². The zero-order valence-electron chi connectivity index (χ0n) is 11.4. The maximum Gasteiger partial charge on any atom is 0.0347 e. The Labute approximate surface area is 122 Å². The van der Waals surface area contributed by atoms with E-state index in [9.17, 15) is 0 Å². The molecular formula is C16H17BrN2. The number of nitrogens with zero attached hydrogens (tertiary/aromatic N) is 2. The minimum Gasteiger partial charge on any atom is -0.381 e. The van der Waals surface area contributed by atoms with Gasteiger partial charge in [0.2, 0.25) is 0 Å². The molecule has 0 aliphatic rings. The van der Waals surface area contributed by atoms with E-state index in [1.54, 1.807) is 6.20 Å². The number of benzene rings is 1. The maximum atomic E-state index is 4.23. The molecule has 0 bridgehead atoms. The molecule has 98 valence electrons. The van der Waals surface area contributed by atoms with Gasteiger partial charge in [0.15, 0.2) is 0 Å². The van der Waals surface area contributed by atoms with Crippen LogP contribution in [-0.4, -0.2) is 24.0 Å². The van der Waals surface area contributed by atoms with Gasteiger partial charge in [0, 0.05) is 47.8 Å². The Morgan fingerprint density at radius 3 is 2.26 bits per heavy atom. The molecule has 0 N–H and O–H groups in total. The molecule has 2 aromatic rings. The molecule has 3 heteroatoms. The van der Waals surface area contributed by atoms with E-state index in [1.165, 1.54) is 16.8 Å². The Morgan fingerprint density at radius 2 is 1.74 bits per heavy atom. The van der Waals surface area contributed by atoms with Gasteiger partial charge in [-0.25, -0.2) is 0 Å². The summed E-state index contributed by atoms with van der Waals surface area (Å²) in [5, 5.41) is 0. The average Bonchev–Trinajstić information content (AvgIpc) is 2.42. The van der Waals surface area contributed by atoms with Crippen molar-refractivity contribution in [1.29, 1.82) is 0 Å². The van der Waals surface area contributed by atoms with E-state index in [4.69, 9.17) is 0 Å². The van der Waals surface area contributed by atoms with Crippen molar-refractivity contribution >= 4 is 21.5 Å². The molecule has 0 aliphatic heterocycles. The van der Waals surface area contributed by atoms with Gasteiger partial charge in [-0.05, 0) is 30.7 Å². The van der Waals surface area contributed by atoms with Gasteiger partial charge in [0.25, 0.3) is 0 Å². The zero-order valence-corrected chi connectivity index (χ0v) is 13.0. The van der Waals surface area contributed by atoms with Crippen molar-refractivity contribution in [3.05, 3.63) is 70.1 Å². The number of hydrogen-bond donors (Lipinski definition) is 0. The van der Waals surface area contributed by atoms with Crippen molar-refractivity contribution in [2.24, 2.45) is 0 Å². The van der Waals surface area contributed by atoms with Crippen molar-refractivity contribution in [2.75, 3.05) is 14.1 Å². The first kappa shape index (κ1) is 13.8. The Hall–Kier alpha value is -1.61. The monoisotopic (exact) mass is 316 g/mol. The summed E-state index contributed by atoms with van der Waals surface area (Å²) in [5.74, 6) is 0. The number of pyridine rings is 1. The summed E-state index contributed by atoms with van der Waals surface area (Å²) < 4.78 is 1.09. The van der Waals surface area contributed by atoms with Gasteiger partial charge in [-0.2, -0.15) is 0 Å². The molecule has 0 saturated heterocycles. The Balaban J connectivity index is 2.59. The molecule has 0 saturated carbocycles. The Kier molecular flexibility index (Phi) is 4.38. The van der Waals surface area contributed by atoms with Crippen LogP contribution in [0.2, 0.25) is 0 Å². The van der Waals surface area contributed by atoms with Crippen LogP contribution >= 0.6 is 15.9 Å². The number of hydrogen-bond acceptors (Lipinski definition) is 2. The summed E-state index contributed by atoms with van der Waals surface area (Å²) in [5.41, 5.74) is 4.76. The van der Waals surface area contributed by atoms with Gasteiger partial charge < -0.3 is 4.90 Å². The van der Waals surface area contributed by atoms with Crippen LogP contribution in [-0.2, 0) is 0 Å². The molecule has 0 radical (unpaired) electrons. The molecule has 1 heterocycles. The molecular weight excluding hydrogens is 300 g/mol. The predicted molar refractivity (Wildman–Crippen MR) is 83.8 cm³/mol. The van der Waals surface area contributed by atoms with Gasteiger partial charge in [-0.3, -0.25) is 4.98 Å². The van der Waals surface area contributed by atoms with Crippen LogP contribution in [0.1, 0.15) is 18.1 Å². The molecule has 0 unspecified atom stereocenters. The van der Waals surface area contributed by atoms with E-state index in [0.717, 1.165) is 10.0 Å². The van der Waals surface area contributed by atoms with Crippen molar-refractivity contribution in [3.8, 4) is 0 Å². The fraction of sp³-hybridized carbons (Fsp3) is 0.188. The van der Waals surface area contributed by atoms with Gasteiger partial charge in [0.05, 0.1) is 0 Å². The van der Waals surface area contributed by atoms with E-state index >= 15 is 0 Å². The summed E-state index contributed by atoms with van der Waals surface area (Å²) in [7, 11) is 4.12.